The summed E-state index contributed by atoms with van der Waals surface area (Å²) >= 11 is 0. The molecule has 1 heterocycles. The van der Waals surface area contributed by atoms with E-state index in [1.165, 1.54) is 4.31 Å². The summed E-state index contributed by atoms with van der Waals surface area (Å²) in [5.41, 5.74) is 8.07. The SMILES string of the molecule is CCOC(=O)CS(=O)(=O)N(C/C=C/c1cccc(C(=N)N)c1)c1ccc(OC2CCN(C(C)=N)CC2)c(C)c1.Cl.Cl. The summed E-state index contributed by atoms with van der Waals surface area (Å²) in [6.45, 7) is 6.85. The van der Waals surface area contributed by atoms with E-state index in [1.807, 2.05) is 17.9 Å². The van der Waals surface area contributed by atoms with Gasteiger partial charge in [-0.3, -0.25) is 19.9 Å². The van der Waals surface area contributed by atoms with Crippen LogP contribution >= 0.6 is 24.8 Å². The number of amidine groups is 2. The minimum Gasteiger partial charge on any atom is -0.490 e. The lowest BCUT2D eigenvalue weighted by Gasteiger charge is -2.33. The van der Waals surface area contributed by atoms with Crippen LogP contribution in [0.15, 0.2) is 48.5 Å². The summed E-state index contributed by atoms with van der Waals surface area (Å²) < 4.78 is 38.9. The first-order valence-corrected chi connectivity index (χ1v) is 14.5. The lowest BCUT2D eigenvalue weighted by molar-refractivity contribution is -0.139. The van der Waals surface area contributed by atoms with E-state index in [9.17, 15) is 13.2 Å². The van der Waals surface area contributed by atoms with Crippen molar-refractivity contribution in [3.05, 3.63) is 65.2 Å². The van der Waals surface area contributed by atoms with Crippen LogP contribution in [0.4, 0.5) is 5.69 Å². The molecule has 2 aromatic rings. The van der Waals surface area contributed by atoms with Gasteiger partial charge in [-0.2, -0.15) is 0 Å². The van der Waals surface area contributed by atoms with Gasteiger partial charge in [0.25, 0.3) is 0 Å². The van der Waals surface area contributed by atoms with Crippen molar-refractivity contribution in [1.29, 1.82) is 10.8 Å². The van der Waals surface area contributed by atoms with Gasteiger partial charge in [0, 0.05) is 31.5 Å². The van der Waals surface area contributed by atoms with Crippen LogP contribution in [-0.4, -0.2) is 69.1 Å². The third kappa shape index (κ3) is 10.2. The number of benzene rings is 2. The van der Waals surface area contributed by atoms with Gasteiger partial charge in [0.2, 0.25) is 10.0 Å². The predicted molar refractivity (Wildman–Crippen MR) is 169 cm³/mol. The van der Waals surface area contributed by atoms with Gasteiger partial charge in [-0.1, -0.05) is 30.4 Å². The molecule has 4 N–H and O–H groups in total. The summed E-state index contributed by atoms with van der Waals surface area (Å²) in [6.07, 6.45) is 5.04. The van der Waals surface area contributed by atoms with E-state index < -0.39 is 21.7 Å². The Morgan fingerprint density at radius 1 is 1.15 bits per heavy atom. The van der Waals surface area contributed by atoms with Gasteiger partial charge in [0.15, 0.2) is 5.75 Å². The minimum atomic E-state index is -4.06. The number of piperidine rings is 1. The van der Waals surface area contributed by atoms with Gasteiger partial charge < -0.3 is 20.1 Å². The van der Waals surface area contributed by atoms with Crippen molar-refractivity contribution in [1.82, 2.24) is 4.90 Å². The van der Waals surface area contributed by atoms with Crippen molar-refractivity contribution >= 4 is 64.2 Å². The van der Waals surface area contributed by atoms with E-state index in [2.05, 4.69) is 0 Å². The van der Waals surface area contributed by atoms with Gasteiger partial charge >= 0.3 is 5.97 Å². The number of nitrogens with two attached hydrogens (primary N) is 1. The lowest BCUT2D eigenvalue weighted by Crippen LogP contribution is -2.40. The van der Waals surface area contributed by atoms with E-state index >= 15 is 0 Å². The zero-order valence-electron chi connectivity index (χ0n) is 23.5. The molecule has 1 aliphatic rings. The quantitative estimate of drug-likeness (QED) is 0.190. The Morgan fingerprint density at radius 3 is 2.41 bits per heavy atom. The molecular formula is C28H39Cl2N5O5S. The number of anilines is 1. The fourth-order valence-corrected chi connectivity index (χ4v) is 5.60. The highest BCUT2D eigenvalue weighted by Gasteiger charge is 2.27. The number of halogens is 2. The molecule has 2 aromatic carbocycles. The van der Waals surface area contributed by atoms with E-state index in [4.69, 9.17) is 26.0 Å². The fourth-order valence-electron chi connectivity index (χ4n) is 4.31. The van der Waals surface area contributed by atoms with Crippen LogP contribution < -0.4 is 14.8 Å². The molecule has 1 fully saturated rings. The third-order valence-corrected chi connectivity index (χ3v) is 8.01. The Morgan fingerprint density at radius 2 is 1.83 bits per heavy atom. The molecule has 1 aliphatic heterocycles. The minimum absolute atomic E-state index is 0. The molecule has 0 bridgehead atoms. The standard InChI is InChI=1S/C28H37N5O5S.2ClH/c1-4-37-27(34)19-39(35,36)33(14-6-8-22-7-5-9-23(18-22)28(30)31)24-10-11-26(20(2)17-24)38-25-12-15-32(16-13-25)21(3)29;;/h5-11,17-18,25,29H,4,12-16,19H2,1-3H3,(H3,30,31);2*1H/b8-6+,29-21?;;. The zero-order chi connectivity index (χ0) is 28.6. The summed E-state index contributed by atoms with van der Waals surface area (Å²) in [6, 6.07) is 12.2. The molecule has 0 aromatic heterocycles. The number of rotatable bonds is 11. The Hall–Kier alpha value is -3.28. The number of sulfonamides is 1. The number of aryl methyl sites for hydroxylation is 1. The number of nitrogen functional groups attached to an aromatic ring is 1. The number of nitrogens with zero attached hydrogens (tertiary/aromatic N) is 2. The number of nitrogens with one attached hydrogen (secondary N) is 2. The Bertz CT molecular complexity index is 1350. The largest absolute Gasteiger partial charge is 0.490 e. The topological polar surface area (TPSA) is 150 Å². The number of likely N-dealkylation sites (tertiary alicyclic amines) is 1. The second-order valence-corrected chi connectivity index (χ2v) is 11.3. The van der Waals surface area contributed by atoms with Crippen LogP contribution in [0.1, 0.15) is 43.4 Å². The first-order chi connectivity index (χ1) is 18.5. The molecule has 10 nitrogen and oxygen atoms in total. The average Bonchev–Trinajstić information content (AvgIpc) is 2.88. The summed E-state index contributed by atoms with van der Waals surface area (Å²) in [7, 11) is -4.06. The molecular weight excluding hydrogens is 589 g/mol. The molecule has 1 saturated heterocycles. The lowest BCUT2D eigenvalue weighted by atomic mass is 10.1. The summed E-state index contributed by atoms with van der Waals surface area (Å²) in [4.78, 5) is 14.1. The van der Waals surface area contributed by atoms with Crippen LogP contribution in [0.5, 0.6) is 5.75 Å². The van der Waals surface area contributed by atoms with Gasteiger partial charge in [0.05, 0.1) is 24.7 Å². The maximum absolute atomic E-state index is 13.3. The zero-order valence-corrected chi connectivity index (χ0v) is 25.9. The highest BCUT2D eigenvalue weighted by Crippen LogP contribution is 2.29. The smallest absolute Gasteiger partial charge is 0.323 e. The number of carbonyl (C=O) groups is 1. The van der Waals surface area contributed by atoms with Gasteiger partial charge in [0.1, 0.15) is 17.7 Å². The van der Waals surface area contributed by atoms with Gasteiger partial charge in [-0.15, -0.1) is 24.8 Å². The molecule has 3 rings (SSSR count). The molecule has 13 heteroatoms. The van der Waals surface area contributed by atoms with E-state index in [0.717, 1.165) is 37.1 Å². The Kier molecular flexibility index (Phi) is 14.2. The maximum Gasteiger partial charge on any atom is 0.323 e. The molecule has 0 spiro atoms. The Balaban J connectivity index is 0.00000420. The Labute approximate surface area is 254 Å². The summed E-state index contributed by atoms with van der Waals surface area (Å²) in [5.74, 6) is -0.431. The fraction of sp³-hybridized carbons (Fsp3) is 0.393. The maximum atomic E-state index is 13.3. The average molecular weight is 629 g/mol. The molecule has 0 saturated carbocycles. The molecule has 0 atom stereocenters. The van der Waals surface area contributed by atoms with Crippen molar-refractivity contribution in [3.63, 3.8) is 0 Å². The molecule has 0 aliphatic carbocycles. The first kappa shape index (κ1) is 35.7. The van der Waals surface area contributed by atoms with Crippen LogP contribution in [0.3, 0.4) is 0 Å². The molecule has 226 valence electrons. The van der Waals surface area contributed by atoms with Crippen LogP contribution in [0.25, 0.3) is 6.08 Å². The number of ether oxygens (including phenoxy) is 2. The number of hydrogen-bond donors (Lipinski definition) is 3. The van der Waals surface area contributed by atoms with Crippen molar-refractivity contribution in [3.8, 4) is 5.75 Å². The third-order valence-electron chi connectivity index (χ3n) is 6.38. The normalized spacial score (nSPS) is 13.6. The highest BCUT2D eigenvalue weighted by atomic mass is 35.5. The number of esters is 1. The first-order valence-electron chi connectivity index (χ1n) is 12.8. The van der Waals surface area contributed by atoms with Crippen molar-refractivity contribution in [2.45, 2.75) is 39.7 Å². The van der Waals surface area contributed by atoms with Crippen molar-refractivity contribution < 1.29 is 22.7 Å². The van der Waals surface area contributed by atoms with Crippen LogP contribution in [0, 0.1) is 17.7 Å². The molecule has 0 amide bonds. The molecule has 0 unspecified atom stereocenters. The summed E-state index contributed by atoms with van der Waals surface area (Å²) in [5, 5.41) is 15.4. The predicted octanol–water partition coefficient (Wildman–Crippen LogP) is 4.38. The van der Waals surface area contributed by atoms with E-state index in [1.54, 1.807) is 62.4 Å². The second kappa shape index (κ2) is 16.2. The number of carbonyl (C=O) groups excluding carboxylic acids is 1. The van der Waals surface area contributed by atoms with Gasteiger partial charge in [-0.25, -0.2) is 8.42 Å². The van der Waals surface area contributed by atoms with Crippen LogP contribution in [-0.2, 0) is 19.6 Å². The van der Waals surface area contributed by atoms with Crippen molar-refractivity contribution in [2.24, 2.45) is 5.73 Å². The van der Waals surface area contributed by atoms with Gasteiger partial charge in [-0.05, 0) is 56.2 Å². The second-order valence-electron chi connectivity index (χ2n) is 9.37. The molecule has 41 heavy (non-hydrogen) atoms. The van der Waals surface area contributed by atoms with E-state index in [-0.39, 0.29) is 49.9 Å². The van der Waals surface area contributed by atoms with E-state index in [0.29, 0.717) is 22.8 Å². The van der Waals surface area contributed by atoms with Crippen LogP contribution in [0.2, 0.25) is 0 Å². The number of hydrogen-bond acceptors (Lipinski definition) is 7. The van der Waals surface area contributed by atoms with Crippen molar-refractivity contribution in [2.75, 3.05) is 36.3 Å². The highest BCUT2D eigenvalue weighted by molar-refractivity contribution is 7.93. The molecule has 0 radical (unpaired) electrons. The monoisotopic (exact) mass is 627 g/mol.